The number of nitrogens with zero attached hydrogens (tertiary/aromatic N) is 1. The van der Waals surface area contributed by atoms with E-state index in [1.54, 1.807) is 0 Å². The minimum Gasteiger partial charge on any atom is -0.310 e. The third-order valence-corrected chi connectivity index (χ3v) is 11.0. The molecule has 10 rings (SSSR count). The van der Waals surface area contributed by atoms with Crippen LogP contribution in [0.2, 0.25) is 0 Å². The van der Waals surface area contributed by atoms with Crippen LogP contribution in [0, 0.1) is 0 Å². The Labute approximate surface area is 292 Å². The van der Waals surface area contributed by atoms with Crippen molar-refractivity contribution >= 4 is 60.2 Å². The van der Waals surface area contributed by atoms with Crippen LogP contribution in [0.5, 0.6) is 0 Å². The summed E-state index contributed by atoms with van der Waals surface area (Å²) in [6, 6.07) is 65.0. The first kappa shape index (κ1) is 28.8. The molecule has 9 aromatic rings. The lowest BCUT2D eigenvalue weighted by Crippen LogP contribution is -2.16. The van der Waals surface area contributed by atoms with Crippen molar-refractivity contribution in [2.75, 3.05) is 4.90 Å². The van der Waals surface area contributed by atoms with Gasteiger partial charge in [0.2, 0.25) is 0 Å². The van der Waals surface area contributed by atoms with Gasteiger partial charge in [-0.25, -0.2) is 0 Å². The number of anilines is 3. The number of benzene rings is 9. The fourth-order valence-electron chi connectivity index (χ4n) is 8.58. The predicted octanol–water partition coefficient (Wildman–Crippen LogP) is 13.7. The molecule has 0 atom stereocenters. The van der Waals surface area contributed by atoms with E-state index < -0.39 is 0 Å². The number of rotatable bonds is 4. The summed E-state index contributed by atoms with van der Waals surface area (Å²) < 4.78 is 0. The van der Waals surface area contributed by atoms with E-state index in [0.717, 1.165) is 11.4 Å². The van der Waals surface area contributed by atoms with Gasteiger partial charge in [0.05, 0.1) is 5.69 Å². The molecule has 1 aliphatic rings. The second-order valence-electron chi connectivity index (χ2n) is 14.1. The molecule has 0 aromatic heterocycles. The van der Waals surface area contributed by atoms with Crippen molar-refractivity contribution in [2.24, 2.45) is 0 Å². The molecule has 0 N–H and O–H groups in total. The van der Waals surface area contributed by atoms with Crippen LogP contribution in [0.3, 0.4) is 0 Å². The summed E-state index contributed by atoms with van der Waals surface area (Å²) in [5.74, 6) is 0. The van der Waals surface area contributed by atoms with Crippen molar-refractivity contribution in [1.29, 1.82) is 0 Å². The van der Waals surface area contributed by atoms with Gasteiger partial charge >= 0.3 is 0 Å². The molecule has 0 radical (unpaired) electrons. The molecule has 1 aliphatic carbocycles. The molecular weight excluding hydrogens is 603 g/mol. The lowest BCUT2D eigenvalue weighted by atomic mass is 9.82. The second-order valence-corrected chi connectivity index (χ2v) is 14.1. The van der Waals surface area contributed by atoms with Crippen molar-refractivity contribution in [3.8, 4) is 22.3 Å². The molecule has 0 amide bonds. The van der Waals surface area contributed by atoms with Gasteiger partial charge in [-0.05, 0) is 101 Å². The van der Waals surface area contributed by atoms with E-state index in [1.807, 2.05) is 0 Å². The highest BCUT2D eigenvalue weighted by Gasteiger charge is 2.37. The van der Waals surface area contributed by atoms with Gasteiger partial charge < -0.3 is 4.90 Å². The molecule has 1 nitrogen and oxygen atoms in total. The number of hydrogen-bond donors (Lipinski definition) is 0. The van der Waals surface area contributed by atoms with Crippen molar-refractivity contribution in [1.82, 2.24) is 0 Å². The van der Waals surface area contributed by atoms with Crippen LogP contribution < -0.4 is 4.90 Å². The molecule has 0 bridgehead atoms. The number of hydrogen-bond acceptors (Lipinski definition) is 1. The van der Waals surface area contributed by atoms with Crippen LogP contribution in [-0.2, 0) is 5.41 Å². The minimum absolute atomic E-state index is 0.0982. The summed E-state index contributed by atoms with van der Waals surface area (Å²) in [6.07, 6.45) is 0. The first-order chi connectivity index (χ1) is 24.6. The second kappa shape index (κ2) is 10.9. The van der Waals surface area contributed by atoms with Crippen molar-refractivity contribution in [2.45, 2.75) is 19.3 Å². The van der Waals surface area contributed by atoms with Gasteiger partial charge in [0.15, 0.2) is 0 Å². The van der Waals surface area contributed by atoms with Gasteiger partial charge in [-0.15, -0.1) is 0 Å². The van der Waals surface area contributed by atoms with Crippen LogP contribution in [0.1, 0.15) is 25.0 Å². The molecular formula is C49H35N. The largest absolute Gasteiger partial charge is 0.310 e. The predicted molar refractivity (Wildman–Crippen MR) is 214 cm³/mol. The molecule has 0 saturated heterocycles. The zero-order valence-corrected chi connectivity index (χ0v) is 28.2. The summed E-state index contributed by atoms with van der Waals surface area (Å²) in [5, 5.41) is 10.1. The Kier molecular flexibility index (Phi) is 6.29. The monoisotopic (exact) mass is 637 g/mol. The van der Waals surface area contributed by atoms with E-state index in [-0.39, 0.29) is 5.41 Å². The summed E-state index contributed by atoms with van der Waals surface area (Å²) in [6.45, 7) is 4.72. The van der Waals surface area contributed by atoms with E-state index in [4.69, 9.17) is 0 Å². The van der Waals surface area contributed by atoms with Crippen molar-refractivity contribution < 1.29 is 0 Å². The average molecular weight is 638 g/mol. The van der Waals surface area contributed by atoms with Crippen LogP contribution in [0.25, 0.3) is 65.3 Å². The van der Waals surface area contributed by atoms with E-state index in [2.05, 4.69) is 195 Å². The Morgan fingerprint density at radius 3 is 1.82 bits per heavy atom. The van der Waals surface area contributed by atoms with Crippen LogP contribution in [0.4, 0.5) is 17.1 Å². The lowest BCUT2D eigenvalue weighted by molar-refractivity contribution is 0.660. The van der Waals surface area contributed by atoms with Crippen LogP contribution in [-0.4, -0.2) is 0 Å². The normalized spacial score (nSPS) is 13.2. The Hall–Kier alpha value is -6.18. The molecule has 0 aliphatic heterocycles. The van der Waals surface area contributed by atoms with Crippen molar-refractivity contribution in [3.05, 3.63) is 187 Å². The maximum atomic E-state index is 2.49. The first-order valence-corrected chi connectivity index (χ1v) is 17.5. The third-order valence-electron chi connectivity index (χ3n) is 11.0. The van der Waals surface area contributed by atoms with E-state index in [9.17, 15) is 0 Å². The molecule has 0 heterocycles. The van der Waals surface area contributed by atoms with Gasteiger partial charge in [-0.1, -0.05) is 159 Å². The average Bonchev–Trinajstić information content (AvgIpc) is 3.41. The lowest BCUT2D eigenvalue weighted by Gasteiger charge is -2.29. The fourth-order valence-corrected chi connectivity index (χ4v) is 8.58. The van der Waals surface area contributed by atoms with Gasteiger partial charge in [0.25, 0.3) is 0 Å². The highest BCUT2D eigenvalue weighted by Crippen LogP contribution is 2.54. The Morgan fingerprint density at radius 1 is 0.380 bits per heavy atom. The fraction of sp³-hybridized carbons (Fsp3) is 0.0612. The molecule has 236 valence electrons. The highest BCUT2D eigenvalue weighted by molar-refractivity contribution is 6.18. The third kappa shape index (κ3) is 4.27. The van der Waals surface area contributed by atoms with Gasteiger partial charge in [-0.2, -0.15) is 0 Å². The molecule has 0 spiro atoms. The summed E-state index contributed by atoms with van der Waals surface area (Å²) >= 11 is 0. The maximum absolute atomic E-state index is 2.49. The number of fused-ring (bicyclic) bond motifs is 9. The zero-order valence-electron chi connectivity index (χ0n) is 28.2. The van der Waals surface area contributed by atoms with Gasteiger partial charge in [-0.3, -0.25) is 0 Å². The summed E-state index contributed by atoms with van der Waals surface area (Å²) in [5.41, 5.74) is 11.2. The highest BCUT2D eigenvalue weighted by atomic mass is 15.1. The molecule has 50 heavy (non-hydrogen) atoms. The summed E-state index contributed by atoms with van der Waals surface area (Å²) in [4.78, 5) is 2.49. The van der Waals surface area contributed by atoms with E-state index in [0.29, 0.717) is 0 Å². The first-order valence-electron chi connectivity index (χ1n) is 17.5. The standard InChI is InChI=1S/C49H35N/c1-49(2)45-21-8-7-19-43(45)48-46(49)22-11-23-47(48)50(36-16-9-15-35(30-36)40-20-10-14-32-12-3-5-17-38(32)40)37-27-24-34-26-28-41-39-18-6-4-13-33(39)25-29-42(41)44(34)31-37/h3-31H,1-2H3. The smallest absolute Gasteiger partial charge is 0.0543 e. The topological polar surface area (TPSA) is 3.24 Å². The van der Waals surface area contributed by atoms with E-state index >= 15 is 0 Å². The quantitative estimate of drug-likeness (QED) is 0.174. The Balaban J connectivity index is 1.25. The Bertz CT molecular complexity index is 2800. The molecule has 1 heteroatoms. The minimum atomic E-state index is -0.0982. The van der Waals surface area contributed by atoms with Crippen LogP contribution in [0.15, 0.2) is 176 Å². The van der Waals surface area contributed by atoms with Crippen LogP contribution >= 0.6 is 0 Å². The SMILES string of the molecule is CC1(C)c2ccccc2-c2c(N(c3cccc(-c4cccc5ccccc45)c3)c3ccc4ccc5c6ccccc6ccc5c4c3)cccc21. The molecule has 0 fully saturated rings. The Morgan fingerprint density at radius 2 is 0.960 bits per heavy atom. The van der Waals surface area contributed by atoms with E-state index in [1.165, 1.54) is 82.2 Å². The van der Waals surface area contributed by atoms with Crippen molar-refractivity contribution in [3.63, 3.8) is 0 Å². The zero-order chi connectivity index (χ0) is 33.4. The maximum Gasteiger partial charge on any atom is 0.0543 e. The molecule has 0 saturated carbocycles. The van der Waals surface area contributed by atoms with Gasteiger partial charge in [0.1, 0.15) is 0 Å². The molecule has 0 unspecified atom stereocenters. The summed E-state index contributed by atoms with van der Waals surface area (Å²) in [7, 11) is 0. The molecule has 9 aromatic carbocycles. The van der Waals surface area contributed by atoms with Gasteiger partial charge in [0, 0.05) is 22.4 Å².